The predicted octanol–water partition coefficient (Wildman–Crippen LogP) is 1.71. The van der Waals surface area contributed by atoms with Crippen molar-refractivity contribution in [2.24, 2.45) is 5.41 Å². The van der Waals surface area contributed by atoms with Crippen molar-refractivity contribution < 1.29 is 9.53 Å². The van der Waals surface area contributed by atoms with E-state index in [1.807, 2.05) is 13.8 Å². The van der Waals surface area contributed by atoms with E-state index in [0.29, 0.717) is 6.10 Å². The predicted molar refractivity (Wildman–Crippen MR) is 60.9 cm³/mol. The van der Waals surface area contributed by atoms with Gasteiger partial charge in [0.25, 0.3) is 0 Å². The molecule has 0 bridgehead atoms. The molecule has 0 saturated carbocycles. The van der Waals surface area contributed by atoms with Crippen LogP contribution in [0.4, 0.5) is 0 Å². The van der Waals surface area contributed by atoms with Crippen molar-refractivity contribution in [3.63, 3.8) is 0 Å². The van der Waals surface area contributed by atoms with E-state index in [9.17, 15) is 4.79 Å². The molecule has 1 atom stereocenters. The van der Waals surface area contributed by atoms with Crippen LogP contribution in [0, 0.1) is 5.41 Å². The van der Waals surface area contributed by atoms with Crippen LogP contribution in [-0.2, 0) is 9.53 Å². The Balaban J connectivity index is 2.28. The summed E-state index contributed by atoms with van der Waals surface area (Å²) in [5, 5.41) is 0. The molecular weight excluding hydrogens is 190 g/mol. The molecule has 1 fully saturated rings. The standard InChI is InChI=1S/C12H23NO2/c1-12(2,10-14)9-13(3)8-11-6-4-5-7-15-11/h10-11H,4-9H2,1-3H3. The van der Waals surface area contributed by atoms with Crippen LogP contribution in [0.1, 0.15) is 33.1 Å². The van der Waals surface area contributed by atoms with Gasteiger partial charge in [-0.1, -0.05) is 13.8 Å². The van der Waals surface area contributed by atoms with Gasteiger partial charge < -0.3 is 14.4 Å². The Hall–Kier alpha value is -0.410. The molecule has 3 nitrogen and oxygen atoms in total. The molecule has 0 aromatic heterocycles. The fourth-order valence-electron chi connectivity index (χ4n) is 2.10. The van der Waals surface area contributed by atoms with E-state index in [1.165, 1.54) is 12.8 Å². The van der Waals surface area contributed by atoms with Gasteiger partial charge in [0.2, 0.25) is 0 Å². The summed E-state index contributed by atoms with van der Waals surface area (Å²) in [6.07, 6.45) is 5.03. The van der Waals surface area contributed by atoms with E-state index in [0.717, 1.165) is 32.4 Å². The van der Waals surface area contributed by atoms with Crippen molar-refractivity contribution in [3.8, 4) is 0 Å². The van der Waals surface area contributed by atoms with Crippen molar-refractivity contribution in [1.29, 1.82) is 0 Å². The highest BCUT2D eigenvalue weighted by Gasteiger charge is 2.22. The van der Waals surface area contributed by atoms with Crippen molar-refractivity contribution in [2.75, 3.05) is 26.7 Å². The Kier molecular flexibility index (Phi) is 4.74. The Labute approximate surface area is 92.8 Å². The van der Waals surface area contributed by atoms with Gasteiger partial charge in [-0.2, -0.15) is 0 Å². The van der Waals surface area contributed by atoms with E-state index in [1.54, 1.807) is 0 Å². The summed E-state index contributed by atoms with van der Waals surface area (Å²) in [5.74, 6) is 0. The van der Waals surface area contributed by atoms with E-state index < -0.39 is 0 Å². The van der Waals surface area contributed by atoms with Gasteiger partial charge in [0, 0.05) is 25.1 Å². The van der Waals surface area contributed by atoms with Crippen molar-refractivity contribution in [3.05, 3.63) is 0 Å². The van der Waals surface area contributed by atoms with E-state index in [-0.39, 0.29) is 5.41 Å². The monoisotopic (exact) mass is 213 g/mol. The third-order valence-electron chi connectivity index (χ3n) is 2.79. The van der Waals surface area contributed by atoms with Crippen molar-refractivity contribution in [2.45, 2.75) is 39.2 Å². The SMILES string of the molecule is CN(CC1CCCCO1)CC(C)(C)C=O. The third-order valence-corrected chi connectivity index (χ3v) is 2.79. The molecule has 1 aliphatic heterocycles. The molecule has 3 heteroatoms. The van der Waals surface area contributed by atoms with Crippen LogP contribution in [0.2, 0.25) is 0 Å². The Morgan fingerprint density at radius 2 is 2.20 bits per heavy atom. The zero-order valence-electron chi connectivity index (χ0n) is 10.2. The molecule has 1 aliphatic rings. The number of rotatable bonds is 5. The number of nitrogens with zero attached hydrogens (tertiary/aromatic N) is 1. The molecule has 0 aromatic carbocycles. The molecule has 1 saturated heterocycles. The van der Waals surface area contributed by atoms with Crippen LogP contribution >= 0.6 is 0 Å². The van der Waals surface area contributed by atoms with E-state index >= 15 is 0 Å². The minimum absolute atomic E-state index is 0.247. The summed E-state index contributed by atoms with van der Waals surface area (Å²) >= 11 is 0. The molecule has 0 spiro atoms. The second kappa shape index (κ2) is 5.61. The highest BCUT2D eigenvalue weighted by atomic mass is 16.5. The molecule has 0 amide bonds. The lowest BCUT2D eigenvalue weighted by Crippen LogP contribution is -2.39. The lowest BCUT2D eigenvalue weighted by Gasteiger charge is -2.30. The number of carbonyl (C=O) groups is 1. The fourth-order valence-corrected chi connectivity index (χ4v) is 2.10. The molecule has 88 valence electrons. The Morgan fingerprint density at radius 1 is 1.47 bits per heavy atom. The summed E-state index contributed by atoms with van der Waals surface area (Å²) in [4.78, 5) is 13.0. The molecule has 1 heterocycles. The highest BCUT2D eigenvalue weighted by Crippen LogP contribution is 2.16. The topological polar surface area (TPSA) is 29.5 Å². The van der Waals surface area contributed by atoms with Gasteiger partial charge in [0.1, 0.15) is 6.29 Å². The van der Waals surface area contributed by atoms with Crippen molar-refractivity contribution >= 4 is 6.29 Å². The average Bonchev–Trinajstić information content (AvgIpc) is 2.18. The lowest BCUT2D eigenvalue weighted by atomic mass is 9.95. The molecule has 15 heavy (non-hydrogen) atoms. The Bertz CT molecular complexity index is 198. The number of likely N-dealkylation sites (N-methyl/N-ethyl adjacent to an activating group) is 1. The highest BCUT2D eigenvalue weighted by molar-refractivity contribution is 5.58. The second-order valence-corrected chi connectivity index (χ2v) is 5.29. The van der Waals surface area contributed by atoms with Gasteiger partial charge >= 0.3 is 0 Å². The number of ether oxygens (including phenoxy) is 1. The van der Waals surface area contributed by atoms with Crippen LogP contribution in [0.5, 0.6) is 0 Å². The minimum atomic E-state index is -0.247. The summed E-state index contributed by atoms with van der Waals surface area (Å²) in [6.45, 7) is 6.58. The number of hydrogen-bond donors (Lipinski definition) is 0. The third kappa shape index (κ3) is 4.76. The largest absolute Gasteiger partial charge is 0.377 e. The summed E-state index contributed by atoms with van der Waals surface area (Å²) in [6, 6.07) is 0. The van der Waals surface area contributed by atoms with Crippen LogP contribution in [0.25, 0.3) is 0 Å². The van der Waals surface area contributed by atoms with E-state index in [2.05, 4.69) is 11.9 Å². The zero-order valence-corrected chi connectivity index (χ0v) is 10.2. The molecule has 1 rings (SSSR count). The van der Waals surface area contributed by atoms with Gasteiger partial charge in [-0.25, -0.2) is 0 Å². The number of hydrogen-bond acceptors (Lipinski definition) is 3. The van der Waals surface area contributed by atoms with Gasteiger partial charge in [-0.05, 0) is 26.3 Å². The van der Waals surface area contributed by atoms with Gasteiger partial charge in [-0.15, -0.1) is 0 Å². The summed E-state index contributed by atoms with van der Waals surface area (Å²) < 4.78 is 5.67. The zero-order chi connectivity index (χ0) is 11.3. The Morgan fingerprint density at radius 3 is 2.73 bits per heavy atom. The van der Waals surface area contributed by atoms with Gasteiger partial charge in [0.05, 0.1) is 6.10 Å². The van der Waals surface area contributed by atoms with Crippen LogP contribution < -0.4 is 0 Å². The van der Waals surface area contributed by atoms with Crippen molar-refractivity contribution in [1.82, 2.24) is 4.90 Å². The maximum atomic E-state index is 10.8. The summed E-state index contributed by atoms with van der Waals surface area (Å²) in [7, 11) is 2.06. The first-order chi connectivity index (χ1) is 7.03. The molecule has 0 aromatic rings. The normalized spacial score (nSPS) is 23.1. The second-order valence-electron chi connectivity index (χ2n) is 5.29. The number of carbonyl (C=O) groups excluding carboxylic acids is 1. The van der Waals surface area contributed by atoms with E-state index in [4.69, 9.17) is 4.74 Å². The molecule has 0 N–H and O–H groups in total. The minimum Gasteiger partial charge on any atom is -0.377 e. The van der Waals surface area contributed by atoms with Crippen LogP contribution in [0.3, 0.4) is 0 Å². The van der Waals surface area contributed by atoms with Crippen LogP contribution in [0.15, 0.2) is 0 Å². The lowest BCUT2D eigenvalue weighted by molar-refractivity contribution is -0.115. The maximum Gasteiger partial charge on any atom is 0.126 e. The molecule has 0 radical (unpaired) electrons. The fraction of sp³-hybridized carbons (Fsp3) is 0.917. The van der Waals surface area contributed by atoms with Gasteiger partial charge in [-0.3, -0.25) is 0 Å². The molecular formula is C12H23NO2. The number of aldehydes is 1. The first-order valence-corrected chi connectivity index (χ1v) is 5.80. The van der Waals surface area contributed by atoms with Crippen LogP contribution in [-0.4, -0.2) is 44.0 Å². The first-order valence-electron chi connectivity index (χ1n) is 5.80. The first kappa shape index (κ1) is 12.7. The molecule has 1 unspecified atom stereocenters. The van der Waals surface area contributed by atoms with Gasteiger partial charge in [0.15, 0.2) is 0 Å². The maximum absolute atomic E-state index is 10.8. The summed E-state index contributed by atoms with van der Waals surface area (Å²) in [5.41, 5.74) is -0.247. The molecule has 0 aliphatic carbocycles. The smallest absolute Gasteiger partial charge is 0.126 e. The quantitative estimate of drug-likeness (QED) is 0.651. The average molecular weight is 213 g/mol.